The third-order valence-electron chi connectivity index (χ3n) is 4.88. The number of rotatable bonds is 6. The number of imidazole rings is 1. The third kappa shape index (κ3) is 4.56. The Bertz CT molecular complexity index is 1310. The summed E-state index contributed by atoms with van der Waals surface area (Å²) in [6.07, 6.45) is 1.43. The molecule has 4 aromatic rings. The van der Waals surface area contributed by atoms with Crippen molar-refractivity contribution in [2.45, 2.75) is 19.5 Å². The van der Waals surface area contributed by atoms with E-state index in [2.05, 4.69) is 20.6 Å². The topological polar surface area (TPSA) is 109 Å². The van der Waals surface area contributed by atoms with Gasteiger partial charge in [-0.15, -0.1) is 0 Å². The first-order chi connectivity index (χ1) is 15.4. The molecule has 0 fully saturated rings. The summed E-state index contributed by atoms with van der Waals surface area (Å²) in [6, 6.07) is 15.2. The lowest BCUT2D eigenvalue weighted by Gasteiger charge is -2.13. The van der Waals surface area contributed by atoms with E-state index in [1.54, 1.807) is 6.92 Å². The summed E-state index contributed by atoms with van der Waals surface area (Å²) < 4.78 is 14.2. The zero-order valence-electron chi connectivity index (χ0n) is 17.1. The number of nitrogens with zero attached hydrogens (tertiary/aromatic N) is 2. The SMILES string of the molecule is CC(NC(=O)Cn1cccc(C(=O)Nc2ccc(F)cc2)c1=O)c1nc2ccccc2[nH]1. The standard InChI is InChI=1S/C23H20FN5O3/c1-14(21-27-18-6-2-3-7-19(18)28-21)25-20(30)13-29-12-4-5-17(23(29)32)22(31)26-16-10-8-15(24)9-11-16/h2-12,14H,13H2,1H3,(H,25,30)(H,26,31)(H,27,28). The van der Waals surface area contributed by atoms with Crippen LogP contribution in [0.15, 0.2) is 71.7 Å². The summed E-state index contributed by atoms with van der Waals surface area (Å²) in [7, 11) is 0. The molecule has 9 heteroatoms. The molecule has 2 aromatic heterocycles. The van der Waals surface area contributed by atoms with Crippen LogP contribution in [0.5, 0.6) is 0 Å². The van der Waals surface area contributed by atoms with Crippen LogP contribution in [0.2, 0.25) is 0 Å². The number of carbonyl (C=O) groups is 2. The highest BCUT2D eigenvalue weighted by molar-refractivity contribution is 6.04. The summed E-state index contributed by atoms with van der Waals surface area (Å²) in [5, 5.41) is 5.34. The molecule has 32 heavy (non-hydrogen) atoms. The van der Waals surface area contributed by atoms with Crippen molar-refractivity contribution in [3.63, 3.8) is 0 Å². The van der Waals surface area contributed by atoms with Crippen LogP contribution in [-0.2, 0) is 11.3 Å². The minimum atomic E-state index is -0.646. The van der Waals surface area contributed by atoms with Crippen LogP contribution in [0.1, 0.15) is 29.1 Å². The van der Waals surface area contributed by atoms with Gasteiger partial charge in [-0.1, -0.05) is 12.1 Å². The van der Waals surface area contributed by atoms with E-state index in [4.69, 9.17) is 0 Å². The van der Waals surface area contributed by atoms with E-state index in [9.17, 15) is 18.8 Å². The van der Waals surface area contributed by atoms with E-state index in [1.807, 2.05) is 24.3 Å². The molecule has 2 aromatic carbocycles. The molecule has 2 heterocycles. The fourth-order valence-electron chi connectivity index (χ4n) is 3.25. The fraction of sp³-hybridized carbons (Fsp3) is 0.130. The molecule has 0 spiro atoms. The van der Waals surface area contributed by atoms with Crippen LogP contribution in [0, 0.1) is 5.82 Å². The fourth-order valence-corrected chi connectivity index (χ4v) is 3.25. The van der Waals surface area contributed by atoms with Crippen LogP contribution >= 0.6 is 0 Å². The number of amides is 2. The van der Waals surface area contributed by atoms with Gasteiger partial charge in [-0.25, -0.2) is 9.37 Å². The number of anilines is 1. The highest BCUT2D eigenvalue weighted by Gasteiger charge is 2.17. The molecule has 0 saturated heterocycles. The second-order valence-corrected chi connectivity index (χ2v) is 7.24. The predicted molar refractivity (Wildman–Crippen MR) is 118 cm³/mol. The van der Waals surface area contributed by atoms with Crippen LogP contribution in [0.3, 0.4) is 0 Å². The quantitative estimate of drug-likeness (QED) is 0.434. The Labute approximate surface area is 182 Å². The highest BCUT2D eigenvalue weighted by Crippen LogP contribution is 2.15. The zero-order valence-corrected chi connectivity index (χ0v) is 17.1. The van der Waals surface area contributed by atoms with Gasteiger partial charge in [-0.3, -0.25) is 14.4 Å². The summed E-state index contributed by atoms with van der Waals surface area (Å²) in [6.45, 7) is 1.52. The normalized spacial score (nSPS) is 11.8. The highest BCUT2D eigenvalue weighted by atomic mass is 19.1. The first kappa shape index (κ1) is 21.0. The van der Waals surface area contributed by atoms with Gasteiger partial charge in [-0.2, -0.15) is 0 Å². The number of nitrogens with one attached hydrogen (secondary N) is 3. The number of hydrogen-bond donors (Lipinski definition) is 3. The van der Waals surface area contributed by atoms with E-state index in [0.29, 0.717) is 11.5 Å². The molecule has 0 radical (unpaired) electrons. The average molecular weight is 433 g/mol. The average Bonchev–Trinajstić information content (AvgIpc) is 3.21. The molecule has 0 aliphatic rings. The van der Waals surface area contributed by atoms with E-state index in [0.717, 1.165) is 15.6 Å². The molecule has 2 amide bonds. The van der Waals surface area contributed by atoms with Crippen molar-refractivity contribution in [2.75, 3.05) is 5.32 Å². The molecule has 0 aliphatic heterocycles. The maximum Gasteiger partial charge on any atom is 0.263 e. The maximum atomic E-state index is 13.0. The second-order valence-electron chi connectivity index (χ2n) is 7.24. The molecular formula is C23H20FN5O3. The minimum absolute atomic E-state index is 0.130. The van der Waals surface area contributed by atoms with Gasteiger partial charge in [0.1, 0.15) is 23.7 Å². The Morgan fingerprint density at radius 2 is 1.84 bits per heavy atom. The van der Waals surface area contributed by atoms with E-state index in [1.165, 1.54) is 42.6 Å². The van der Waals surface area contributed by atoms with Crippen molar-refractivity contribution in [3.05, 3.63) is 94.4 Å². The summed E-state index contributed by atoms with van der Waals surface area (Å²) in [5.74, 6) is -0.893. The minimum Gasteiger partial charge on any atom is -0.345 e. The van der Waals surface area contributed by atoms with Crippen LogP contribution in [-0.4, -0.2) is 26.3 Å². The van der Waals surface area contributed by atoms with Gasteiger partial charge >= 0.3 is 0 Å². The number of hydrogen-bond acceptors (Lipinski definition) is 4. The Balaban J connectivity index is 1.44. The van der Waals surface area contributed by atoms with Gasteiger partial charge in [0.05, 0.1) is 17.1 Å². The van der Waals surface area contributed by atoms with Crippen molar-refractivity contribution >= 4 is 28.5 Å². The van der Waals surface area contributed by atoms with Crippen LogP contribution in [0.25, 0.3) is 11.0 Å². The van der Waals surface area contributed by atoms with Gasteiger partial charge in [-0.05, 0) is 55.5 Å². The van der Waals surface area contributed by atoms with Gasteiger partial charge in [0.2, 0.25) is 5.91 Å². The Hall–Kier alpha value is -4.27. The molecule has 0 aliphatic carbocycles. The number of H-pyrrole nitrogens is 1. The Kier molecular flexibility index (Phi) is 5.80. The number of aromatic amines is 1. The number of carbonyl (C=O) groups excluding carboxylic acids is 2. The predicted octanol–water partition coefficient (Wildman–Crippen LogP) is 2.99. The maximum absolute atomic E-state index is 13.0. The second kappa shape index (κ2) is 8.84. The third-order valence-corrected chi connectivity index (χ3v) is 4.88. The van der Waals surface area contributed by atoms with Crippen molar-refractivity contribution < 1.29 is 14.0 Å². The number of aromatic nitrogens is 3. The molecule has 1 unspecified atom stereocenters. The Morgan fingerprint density at radius 3 is 2.59 bits per heavy atom. The number of benzene rings is 2. The zero-order chi connectivity index (χ0) is 22.7. The molecule has 4 rings (SSSR count). The molecule has 8 nitrogen and oxygen atoms in total. The number of pyridine rings is 1. The van der Waals surface area contributed by atoms with Gasteiger partial charge in [0, 0.05) is 11.9 Å². The van der Waals surface area contributed by atoms with Crippen molar-refractivity contribution in [1.82, 2.24) is 19.9 Å². The monoisotopic (exact) mass is 433 g/mol. The van der Waals surface area contributed by atoms with Gasteiger partial charge in [0.25, 0.3) is 11.5 Å². The molecule has 162 valence electrons. The summed E-state index contributed by atoms with van der Waals surface area (Å²) in [5.41, 5.74) is 1.26. The van der Waals surface area contributed by atoms with Gasteiger partial charge < -0.3 is 20.2 Å². The first-order valence-corrected chi connectivity index (χ1v) is 9.91. The van der Waals surface area contributed by atoms with Crippen LogP contribution < -0.4 is 16.2 Å². The number of fused-ring (bicyclic) bond motifs is 1. The first-order valence-electron chi connectivity index (χ1n) is 9.91. The van der Waals surface area contributed by atoms with Gasteiger partial charge in [0.15, 0.2) is 0 Å². The summed E-state index contributed by atoms with van der Waals surface area (Å²) in [4.78, 5) is 45.3. The van der Waals surface area contributed by atoms with E-state index in [-0.39, 0.29) is 12.1 Å². The molecule has 3 N–H and O–H groups in total. The largest absolute Gasteiger partial charge is 0.345 e. The van der Waals surface area contributed by atoms with E-state index < -0.39 is 29.2 Å². The van der Waals surface area contributed by atoms with Crippen molar-refractivity contribution in [2.24, 2.45) is 0 Å². The number of halogens is 1. The molecule has 0 bridgehead atoms. The molecule has 1 atom stereocenters. The Morgan fingerprint density at radius 1 is 1.09 bits per heavy atom. The lowest BCUT2D eigenvalue weighted by Crippen LogP contribution is -2.36. The lowest BCUT2D eigenvalue weighted by molar-refractivity contribution is -0.122. The molecular weight excluding hydrogens is 413 g/mol. The lowest BCUT2D eigenvalue weighted by atomic mass is 10.2. The van der Waals surface area contributed by atoms with E-state index >= 15 is 0 Å². The number of para-hydroxylation sites is 2. The summed E-state index contributed by atoms with van der Waals surface area (Å²) >= 11 is 0. The van der Waals surface area contributed by atoms with Crippen LogP contribution in [0.4, 0.5) is 10.1 Å². The smallest absolute Gasteiger partial charge is 0.263 e. The molecule has 0 saturated carbocycles. The van der Waals surface area contributed by atoms with Crippen molar-refractivity contribution in [3.8, 4) is 0 Å². The van der Waals surface area contributed by atoms with Crippen molar-refractivity contribution in [1.29, 1.82) is 0 Å².